The zero-order valence-electron chi connectivity index (χ0n) is 10.4. The number of anilines is 1. The van der Waals surface area contributed by atoms with Gasteiger partial charge in [0.05, 0.1) is 27.0 Å². The van der Waals surface area contributed by atoms with Gasteiger partial charge in [-0.3, -0.25) is 4.79 Å². The number of para-hydroxylation sites is 1. The van der Waals surface area contributed by atoms with E-state index in [1.807, 2.05) is 0 Å². The van der Waals surface area contributed by atoms with Crippen LogP contribution in [0.3, 0.4) is 0 Å². The third-order valence-corrected chi connectivity index (χ3v) is 3.18. The molecule has 0 fully saturated rings. The molecule has 4 nitrogen and oxygen atoms in total. The van der Waals surface area contributed by atoms with Gasteiger partial charge in [-0.1, -0.05) is 29.3 Å². The predicted molar refractivity (Wildman–Crippen MR) is 75.9 cm³/mol. The molecule has 0 aliphatic rings. The minimum Gasteiger partial charge on any atom is -0.319 e. The van der Waals surface area contributed by atoms with Gasteiger partial charge in [0.2, 0.25) is 0 Å². The van der Waals surface area contributed by atoms with Gasteiger partial charge in [-0.2, -0.15) is 0 Å². The largest absolute Gasteiger partial charge is 0.319 e. The lowest BCUT2D eigenvalue weighted by atomic mass is 10.2. The first-order chi connectivity index (χ1) is 8.99. The fourth-order valence-electron chi connectivity index (χ4n) is 1.60. The first kappa shape index (κ1) is 13.8. The molecule has 0 saturated carbocycles. The number of carbonyl (C=O) groups excluding carboxylic acids is 1. The summed E-state index contributed by atoms with van der Waals surface area (Å²) in [6.07, 6.45) is 1.48. The van der Waals surface area contributed by atoms with Gasteiger partial charge in [0.15, 0.2) is 0 Å². The molecule has 1 amide bonds. The lowest BCUT2D eigenvalue weighted by Gasteiger charge is -2.10. The summed E-state index contributed by atoms with van der Waals surface area (Å²) in [4.78, 5) is 20.3. The summed E-state index contributed by atoms with van der Waals surface area (Å²) < 4.78 is 0. The van der Waals surface area contributed by atoms with Crippen LogP contribution in [0.2, 0.25) is 10.0 Å². The Hall–Kier alpha value is -1.65. The summed E-state index contributed by atoms with van der Waals surface area (Å²) >= 11 is 12.0. The lowest BCUT2D eigenvalue weighted by Crippen LogP contribution is -2.15. The molecule has 19 heavy (non-hydrogen) atoms. The third kappa shape index (κ3) is 3.03. The summed E-state index contributed by atoms with van der Waals surface area (Å²) in [5, 5.41) is 3.43. The van der Waals surface area contributed by atoms with E-state index in [0.29, 0.717) is 32.8 Å². The standard InChI is InChI=1S/C13H11Cl2N3O/c1-7-9(6-16-8(2)17-7)13(19)18-12-10(14)4-3-5-11(12)15/h3-6H,1-2H3,(H,18,19). The maximum Gasteiger partial charge on any atom is 0.259 e. The Bertz CT molecular complexity index is 624. The summed E-state index contributed by atoms with van der Waals surface area (Å²) in [6, 6.07) is 5.02. The minimum absolute atomic E-state index is 0.340. The quantitative estimate of drug-likeness (QED) is 0.920. The summed E-state index contributed by atoms with van der Waals surface area (Å²) in [6.45, 7) is 3.51. The number of benzene rings is 1. The highest BCUT2D eigenvalue weighted by atomic mass is 35.5. The van der Waals surface area contributed by atoms with E-state index in [1.54, 1.807) is 32.0 Å². The van der Waals surface area contributed by atoms with E-state index in [0.717, 1.165) is 0 Å². The number of carbonyl (C=O) groups is 1. The van der Waals surface area contributed by atoms with Crippen molar-refractivity contribution >= 4 is 34.8 Å². The highest BCUT2D eigenvalue weighted by Gasteiger charge is 2.14. The van der Waals surface area contributed by atoms with Crippen molar-refractivity contribution in [3.8, 4) is 0 Å². The van der Waals surface area contributed by atoms with Gasteiger partial charge in [0.25, 0.3) is 5.91 Å². The van der Waals surface area contributed by atoms with Gasteiger partial charge in [-0.25, -0.2) is 9.97 Å². The number of aryl methyl sites for hydroxylation is 2. The minimum atomic E-state index is -0.340. The van der Waals surface area contributed by atoms with Crippen LogP contribution in [-0.2, 0) is 0 Å². The van der Waals surface area contributed by atoms with Crippen LogP contribution in [0.1, 0.15) is 21.9 Å². The molecule has 2 rings (SSSR count). The van der Waals surface area contributed by atoms with Crippen LogP contribution in [0, 0.1) is 13.8 Å². The molecular weight excluding hydrogens is 285 g/mol. The Morgan fingerprint density at radius 1 is 1.21 bits per heavy atom. The fourth-order valence-corrected chi connectivity index (χ4v) is 2.10. The van der Waals surface area contributed by atoms with E-state index in [9.17, 15) is 4.79 Å². The maximum atomic E-state index is 12.1. The van der Waals surface area contributed by atoms with Gasteiger partial charge in [-0.15, -0.1) is 0 Å². The molecule has 1 aromatic heterocycles. The van der Waals surface area contributed by atoms with Crippen molar-refractivity contribution in [2.24, 2.45) is 0 Å². The van der Waals surface area contributed by atoms with Crippen molar-refractivity contribution in [2.45, 2.75) is 13.8 Å². The molecule has 1 N–H and O–H groups in total. The highest BCUT2D eigenvalue weighted by molar-refractivity contribution is 6.40. The molecule has 2 aromatic rings. The monoisotopic (exact) mass is 295 g/mol. The number of aromatic nitrogens is 2. The molecule has 1 aromatic carbocycles. The molecule has 0 bridgehead atoms. The zero-order valence-corrected chi connectivity index (χ0v) is 11.9. The molecule has 0 atom stereocenters. The number of rotatable bonds is 2. The number of amides is 1. The van der Waals surface area contributed by atoms with Crippen molar-refractivity contribution in [1.29, 1.82) is 0 Å². The number of hydrogen-bond donors (Lipinski definition) is 1. The van der Waals surface area contributed by atoms with Crippen LogP contribution in [0.25, 0.3) is 0 Å². The summed E-state index contributed by atoms with van der Waals surface area (Å²) in [5.41, 5.74) is 1.38. The molecular formula is C13H11Cl2N3O. The Morgan fingerprint density at radius 3 is 2.42 bits per heavy atom. The van der Waals surface area contributed by atoms with Crippen LogP contribution in [0.15, 0.2) is 24.4 Å². The number of halogens is 2. The average molecular weight is 296 g/mol. The van der Waals surface area contributed by atoms with Gasteiger partial charge < -0.3 is 5.32 Å². The van der Waals surface area contributed by atoms with E-state index in [2.05, 4.69) is 15.3 Å². The smallest absolute Gasteiger partial charge is 0.259 e. The lowest BCUT2D eigenvalue weighted by molar-refractivity contribution is 0.102. The van der Waals surface area contributed by atoms with Crippen molar-refractivity contribution in [3.63, 3.8) is 0 Å². The highest BCUT2D eigenvalue weighted by Crippen LogP contribution is 2.30. The third-order valence-electron chi connectivity index (χ3n) is 2.55. The molecule has 98 valence electrons. The van der Waals surface area contributed by atoms with Gasteiger partial charge in [-0.05, 0) is 26.0 Å². The SMILES string of the molecule is Cc1ncc(C(=O)Nc2c(Cl)cccc2Cl)c(C)n1. The molecule has 0 spiro atoms. The van der Waals surface area contributed by atoms with Gasteiger partial charge in [0.1, 0.15) is 5.82 Å². The molecule has 0 aliphatic heterocycles. The molecule has 0 saturated heterocycles. The number of nitrogens with one attached hydrogen (secondary N) is 1. The van der Waals surface area contributed by atoms with Crippen LogP contribution in [-0.4, -0.2) is 15.9 Å². The van der Waals surface area contributed by atoms with Crippen LogP contribution in [0.5, 0.6) is 0 Å². The van der Waals surface area contributed by atoms with Crippen LogP contribution >= 0.6 is 23.2 Å². The molecule has 0 radical (unpaired) electrons. The van der Waals surface area contributed by atoms with Gasteiger partial charge in [0, 0.05) is 6.20 Å². The van der Waals surface area contributed by atoms with Crippen molar-refractivity contribution in [1.82, 2.24) is 9.97 Å². The van der Waals surface area contributed by atoms with Crippen molar-refractivity contribution in [3.05, 3.63) is 51.5 Å². The first-order valence-corrected chi connectivity index (χ1v) is 6.30. The molecule has 0 unspecified atom stereocenters. The van der Waals surface area contributed by atoms with E-state index >= 15 is 0 Å². The zero-order chi connectivity index (χ0) is 14.0. The van der Waals surface area contributed by atoms with Crippen LogP contribution in [0.4, 0.5) is 5.69 Å². The second kappa shape index (κ2) is 5.55. The topological polar surface area (TPSA) is 54.9 Å². The second-order valence-corrected chi connectivity index (χ2v) is 4.78. The molecule has 0 aliphatic carbocycles. The van der Waals surface area contributed by atoms with Crippen LogP contribution < -0.4 is 5.32 Å². The van der Waals surface area contributed by atoms with E-state index in [4.69, 9.17) is 23.2 Å². The molecule has 6 heteroatoms. The Kier molecular flexibility index (Phi) is 4.02. The number of hydrogen-bond acceptors (Lipinski definition) is 3. The average Bonchev–Trinajstić information content (AvgIpc) is 2.33. The van der Waals surface area contributed by atoms with Crippen molar-refractivity contribution < 1.29 is 4.79 Å². The van der Waals surface area contributed by atoms with Crippen molar-refractivity contribution in [2.75, 3.05) is 5.32 Å². The number of nitrogens with zero attached hydrogens (tertiary/aromatic N) is 2. The maximum absolute atomic E-state index is 12.1. The predicted octanol–water partition coefficient (Wildman–Crippen LogP) is 3.65. The van der Waals surface area contributed by atoms with E-state index in [1.165, 1.54) is 6.20 Å². The summed E-state index contributed by atoms with van der Waals surface area (Å²) in [5.74, 6) is 0.275. The van der Waals surface area contributed by atoms with E-state index < -0.39 is 0 Å². The summed E-state index contributed by atoms with van der Waals surface area (Å²) in [7, 11) is 0. The fraction of sp³-hybridized carbons (Fsp3) is 0.154. The Morgan fingerprint density at radius 2 is 1.84 bits per heavy atom. The van der Waals surface area contributed by atoms with E-state index in [-0.39, 0.29) is 5.91 Å². The first-order valence-electron chi connectivity index (χ1n) is 5.54. The normalized spacial score (nSPS) is 10.3. The Labute approximate surface area is 120 Å². The van der Waals surface area contributed by atoms with Gasteiger partial charge >= 0.3 is 0 Å². The second-order valence-electron chi connectivity index (χ2n) is 3.97. The molecule has 1 heterocycles. The Balaban J connectivity index is 2.31.